The van der Waals surface area contributed by atoms with E-state index in [0.717, 1.165) is 58.4 Å². The molecule has 2 aliphatic heterocycles. The van der Waals surface area contributed by atoms with Gasteiger partial charge in [0.1, 0.15) is 17.1 Å². The quantitative estimate of drug-likeness (QED) is 0.135. The molecule has 8 rings (SSSR count). The summed E-state index contributed by atoms with van der Waals surface area (Å²) in [7, 11) is 0. The number of halogens is 1. The Morgan fingerprint density at radius 3 is 2.54 bits per heavy atom. The van der Waals surface area contributed by atoms with Gasteiger partial charge in [0.25, 0.3) is 0 Å². The first-order chi connectivity index (χ1) is 25.9. The highest BCUT2D eigenvalue weighted by atomic mass is 35.5. The third-order valence-corrected chi connectivity index (χ3v) is 11.1. The Kier molecular flexibility index (Phi) is 9.06. The highest BCUT2D eigenvalue weighted by Gasteiger charge is 2.40. The van der Waals surface area contributed by atoms with Crippen molar-refractivity contribution in [2.24, 2.45) is 5.41 Å². The fraction of sp³-hybridized carbons (Fsp3) is 0.317. The highest BCUT2D eigenvalue weighted by Crippen LogP contribution is 2.40. The number of anilines is 2. The van der Waals surface area contributed by atoms with Gasteiger partial charge in [-0.05, 0) is 93.2 Å². The lowest BCUT2D eigenvalue weighted by molar-refractivity contribution is -0.147. The number of rotatable bonds is 9. The molecule has 0 spiro atoms. The van der Waals surface area contributed by atoms with Gasteiger partial charge in [-0.15, -0.1) is 0 Å². The molecule has 274 valence electrons. The molecular formula is C41H39ClN8O4. The van der Waals surface area contributed by atoms with E-state index in [0.29, 0.717) is 71.4 Å². The first-order valence-corrected chi connectivity index (χ1v) is 18.3. The number of aliphatic hydroxyl groups is 1. The number of hydrogen-bond acceptors (Lipinski definition) is 11. The van der Waals surface area contributed by atoms with Gasteiger partial charge < -0.3 is 19.9 Å². The lowest BCUT2D eigenvalue weighted by atomic mass is 9.90. The fourth-order valence-corrected chi connectivity index (χ4v) is 7.97. The van der Waals surface area contributed by atoms with Crippen molar-refractivity contribution in [2.75, 3.05) is 31.5 Å². The molecule has 6 heterocycles. The van der Waals surface area contributed by atoms with E-state index in [-0.39, 0.29) is 5.89 Å². The van der Waals surface area contributed by atoms with Crippen molar-refractivity contribution in [3.63, 3.8) is 0 Å². The number of carboxylic acids is 1. The number of oxazole rings is 1. The van der Waals surface area contributed by atoms with Crippen LogP contribution in [0, 0.1) is 23.7 Å². The minimum Gasteiger partial charge on any atom is -0.481 e. The van der Waals surface area contributed by atoms with E-state index in [1.807, 2.05) is 50.4 Å². The normalized spacial score (nSPS) is 20.5. The minimum atomic E-state index is -0.801. The van der Waals surface area contributed by atoms with Gasteiger partial charge in [-0.2, -0.15) is 5.26 Å². The van der Waals surface area contributed by atoms with Gasteiger partial charge in [-0.25, -0.2) is 9.97 Å². The van der Waals surface area contributed by atoms with Crippen LogP contribution in [0.25, 0.3) is 44.7 Å². The topological polar surface area (TPSA) is 165 Å². The number of benzene rings is 2. The Labute approximate surface area is 317 Å². The Morgan fingerprint density at radius 2 is 1.78 bits per heavy atom. The molecule has 0 aliphatic carbocycles. The van der Waals surface area contributed by atoms with Crippen LogP contribution in [0.1, 0.15) is 48.9 Å². The van der Waals surface area contributed by atoms with E-state index in [2.05, 4.69) is 37.2 Å². The van der Waals surface area contributed by atoms with Crippen molar-refractivity contribution in [2.45, 2.75) is 52.3 Å². The largest absolute Gasteiger partial charge is 0.481 e. The number of carbonyl (C=O) groups is 1. The van der Waals surface area contributed by atoms with Crippen LogP contribution in [0.15, 0.2) is 71.5 Å². The zero-order valence-corrected chi connectivity index (χ0v) is 31.0. The first kappa shape index (κ1) is 35.6. The van der Waals surface area contributed by atoms with Crippen LogP contribution < -0.4 is 5.32 Å². The van der Waals surface area contributed by atoms with E-state index in [4.69, 9.17) is 26.0 Å². The number of β-amino-alcohol motifs (C(OH)–C–C–N with tert-alkyl or cyclic N) is 1. The summed E-state index contributed by atoms with van der Waals surface area (Å²) in [5.74, 6) is 0.0839. The fourth-order valence-electron chi connectivity index (χ4n) is 7.67. The summed E-state index contributed by atoms with van der Waals surface area (Å²) in [6.45, 7) is 9.42. The molecule has 3 N–H and O–H groups in total. The number of hydrogen-bond donors (Lipinski definition) is 3. The van der Waals surface area contributed by atoms with Crippen LogP contribution in [0.5, 0.6) is 0 Å². The molecule has 0 radical (unpaired) electrons. The van der Waals surface area contributed by atoms with E-state index in [1.54, 1.807) is 31.5 Å². The second-order valence-electron chi connectivity index (χ2n) is 15.1. The molecule has 2 saturated heterocycles. The van der Waals surface area contributed by atoms with Gasteiger partial charge in [0, 0.05) is 68.0 Å². The third kappa shape index (κ3) is 6.76. The highest BCUT2D eigenvalue weighted by molar-refractivity contribution is 6.35. The summed E-state index contributed by atoms with van der Waals surface area (Å²) >= 11 is 7.09. The predicted octanol–water partition coefficient (Wildman–Crippen LogP) is 7.33. The molecular weight excluding hydrogens is 704 g/mol. The van der Waals surface area contributed by atoms with Gasteiger partial charge in [0.05, 0.1) is 32.9 Å². The van der Waals surface area contributed by atoms with Gasteiger partial charge in [-0.3, -0.25) is 24.6 Å². The number of nitrogens with zero attached hydrogens (tertiary/aromatic N) is 7. The molecule has 6 aromatic rings. The zero-order valence-electron chi connectivity index (χ0n) is 30.2. The molecule has 0 bridgehead atoms. The Balaban J connectivity index is 1.06. The molecule has 0 saturated carbocycles. The van der Waals surface area contributed by atoms with Crippen LogP contribution >= 0.6 is 11.6 Å². The first-order valence-electron chi connectivity index (χ1n) is 17.9. The van der Waals surface area contributed by atoms with Crippen molar-refractivity contribution >= 4 is 51.1 Å². The van der Waals surface area contributed by atoms with Crippen LogP contribution in [-0.2, 0) is 17.9 Å². The molecule has 0 amide bonds. The maximum Gasteiger partial charge on any atom is 0.310 e. The number of pyridine rings is 3. The second-order valence-corrected chi connectivity index (χ2v) is 15.5. The Hall–Kier alpha value is -5.45. The summed E-state index contributed by atoms with van der Waals surface area (Å²) < 4.78 is 6.19. The molecule has 13 heteroatoms. The Bertz CT molecular complexity index is 2490. The average Bonchev–Trinajstić information content (AvgIpc) is 3.85. The molecule has 2 aliphatic rings. The Morgan fingerprint density at radius 1 is 1.00 bits per heavy atom. The molecule has 2 unspecified atom stereocenters. The van der Waals surface area contributed by atoms with E-state index < -0.39 is 17.0 Å². The minimum absolute atomic E-state index is 0.263. The van der Waals surface area contributed by atoms with Crippen molar-refractivity contribution in [1.82, 2.24) is 29.7 Å². The zero-order chi connectivity index (χ0) is 37.8. The van der Waals surface area contributed by atoms with Crippen molar-refractivity contribution in [1.29, 1.82) is 5.26 Å². The summed E-state index contributed by atoms with van der Waals surface area (Å²) in [4.78, 5) is 34.9. The van der Waals surface area contributed by atoms with Gasteiger partial charge in [-0.1, -0.05) is 23.7 Å². The van der Waals surface area contributed by atoms with E-state index >= 15 is 0 Å². The second kappa shape index (κ2) is 13.8. The van der Waals surface area contributed by atoms with Crippen LogP contribution in [0.3, 0.4) is 0 Å². The number of aromatic nitrogens is 4. The number of likely N-dealkylation sites (tertiary alicyclic amines) is 2. The smallest absolute Gasteiger partial charge is 0.310 e. The van der Waals surface area contributed by atoms with Gasteiger partial charge >= 0.3 is 5.97 Å². The monoisotopic (exact) mass is 742 g/mol. The number of nitrogens with one attached hydrogen (secondary N) is 1. The predicted molar refractivity (Wildman–Crippen MR) is 206 cm³/mol. The number of aliphatic carboxylic acids is 1. The number of carboxylic acid groups (broad SMARTS) is 1. The summed E-state index contributed by atoms with van der Waals surface area (Å²) in [5.41, 5.74) is 6.04. The maximum absolute atomic E-state index is 11.8. The molecule has 54 heavy (non-hydrogen) atoms. The average molecular weight is 743 g/mol. The lowest BCUT2D eigenvalue weighted by Gasteiger charge is -2.20. The molecule has 2 atom stereocenters. The van der Waals surface area contributed by atoms with Crippen molar-refractivity contribution < 1.29 is 19.4 Å². The van der Waals surface area contributed by atoms with E-state index in [9.17, 15) is 20.3 Å². The summed E-state index contributed by atoms with van der Waals surface area (Å²) in [6, 6.07) is 17.5. The standard InChI is InChI=1S/C41H39ClN8O4/c1-24-29(5-4-6-31(24)47-37-34-27(7-11-45-37)16-26(19-46-34)21-50-14-10-41(3,53)23-50)35-33(42)30(8-12-44-35)38-48-32-17-25(15-28(18-43)36(32)54-38)20-49-13-9-40(2,22-49)39(51)52/h4-8,11-12,15-17,19,53H,9-10,13-14,20-23H2,1-3H3,(H,45,47)(H,51,52). The molecule has 12 nitrogen and oxygen atoms in total. The molecule has 4 aromatic heterocycles. The number of fused-ring (bicyclic) bond motifs is 2. The lowest BCUT2D eigenvalue weighted by Crippen LogP contribution is -2.31. The SMILES string of the molecule is Cc1c(Nc2nccc3cc(CN4CCC(C)(O)C4)cnc23)cccc1-c1nccc(-c2nc3cc(CN4CCC(C)(C(=O)O)C4)cc(C#N)c3o2)c1Cl. The van der Waals surface area contributed by atoms with Crippen molar-refractivity contribution in [3.05, 3.63) is 94.4 Å². The maximum atomic E-state index is 11.8. The summed E-state index contributed by atoms with van der Waals surface area (Å²) in [5, 5.41) is 34.9. The number of nitriles is 1. The summed E-state index contributed by atoms with van der Waals surface area (Å²) in [6.07, 6.45) is 6.62. The molecule has 2 aromatic carbocycles. The van der Waals surface area contributed by atoms with Crippen LogP contribution in [0.2, 0.25) is 5.02 Å². The van der Waals surface area contributed by atoms with E-state index in [1.165, 1.54) is 0 Å². The van der Waals surface area contributed by atoms with Crippen LogP contribution in [-0.4, -0.2) is 77.7 Å². The third-order valence-electron chi connectivity index (χ3n) is 10.7. The van der Waals surface area contributed by atoms with Crippen LogP contribution in [0.4, 0.5) is 11.5 Å². The molecule has 2 fully saturated rings. The van der Waals surface area contributed by atoms with Gasteiger partial charge in [0.15, 0.2) is 11.4 Å². The van der Waals surface area contributed by atoms with Gasteiger partial charge in [0.2, 0.25) is 5.89 Å². The van der Waals surface area contributed by atoms with Crippen molar-refractivity contribution in [3.8, 4) is 28.8 Å².